The SMILES string of the molecule is O=CNC(Cc1ccsc1)C(=O)N1CC2CCCCCCC2C1. The van der Waals surface area contributed by atoms with E-state index in [9.17, 15) is 9.59 Å². The summed E-state index contributed by atoms with van der Waals surface area (Å²) in [5, 5.41) is 6.79. The Morgan fingerprint density at radius 3 is 2.52 bits per heavy atom. The van der Waals surface area contributed by atoms with Crippen molar-refractivity contribution in [2.24, 2.45) is 11.8 Å². The van der Waals surface area contributed by atoms with Crippen molar-refractivity contribution in [1.82, 2.24) is 10.2 Å². The third kappa shape index (κ3) is 4.14. The molecule has 0 spiro atoms. The maximum Gasteiger partial charge on any atom is 0.245 e. The van der Waals surface area contributed by atoms with Gasteiger partial charge in [0.15, 0.2) is 0 Å². The van der Waals surface area contributed by atoms with Gasteiger partial charge >= 0.3 is 0 Å². The molecule has 1 aromatic rings. The summed E-state index contributed by atoms with van der Waals surface area (Å²) < 4.78 is 0. The first-order valence-electron chi connectivity index (χ1n) is 8.77. The summed E-state index contributed by atoms with van der Waals surface area (Å²) in [6, 6.07) is 1.60. The molecule has 1 aromatic heterocycles. The molecule has 4 nitrogen and oxygen atoms in total. The fourth-order valence-corrected chi connectivity index (χ4v) is 4.79. The molecule has 23 heavy (non-hydrogen) atoms. The van der Waals surface area contributed by atoms with Gasteiger partial charge in [-0.25, -0.2) is 0 Å². The van der Waals surface area contributed by atoms with Gasteiger partial charge in [-0.3, -0.25) is 9.59 Å². The molecule has 2 amide bonds. The molecule has 1 saturated carbocycles. The fourth-order valence-electron chi connectivity index (χ4n) is 4.10. The maximum atomic E-state index is 12.9. The number of carbonyl (C=O) groups excluding carboxylic acids is 2. The van der Waals surface area contributed by atoms with E-state index < -0.39 is 6.04 Å². The summed E-state index contributed by atoms with van der Waals surface area (Å²) in [5.41, 5.74) is 1.12. The molecule has 126 valence electrons. The van der Waals surface area contributed by atoms with Crippen LogP contribution in [0.5, 0.6) is 0 Å². The Bertz CT molecular complexity index is 501. The van der Waals surface area contributed by atoms with Crippen molar-refractivity contribution in [3.05, 3.63) is 22.4 Å². The van der Waals surface area contributed by atoms with Crippen LogP contribution in [0.3, 0.4) is 0 Å². The lowest BCUT2D eigenvalue weighted by Crippen LogP contribution is -2.46. The molecule has 3 atom stereocenters. The van der Waals surface area contributed by atoms with Crippen LogP contribution in [0.4, 0.5) is 0 Å². The highest BCUT2D eigenvalue weighted by atomic mass is 32.1. The van der Waals surface area contributed by atoms with Crippen LogP contribution in [0.2, 0.25) is 0 Å². The number of carbonyl (C=O) groups is 2. The second-order valence-electron chi connectivity index (χ2n) is 6.93. The molecule has 0 radical (unpaired) electrons. The Hall–Kier alpha value is -1.36. The van der Waals surface area contributed by atoms with Crippen LogP contribution in [0, 0.1) is 11.8 Å². The van der Waals surface area contributed by atoms with Crippen LogP contribution < -0.4 is 5.32 Å². The smallest absolute Gasteiger partial charge is 0.245 e. The normalized spacial score (nSPS) is 26.0. The topological polar surface area (TPSA) is 49.4 Å². The van der Waals surface area contributed by atoms with Crippen LogP contribution in [0.1, 0.15) is 44.1 Å². The van der Waals surface area contributed by atoms with Crippen molar-refractivity contribution in [2.45, 2.75) is 51.0 Å². The van der Waals surface area contributed by atoms with E-state index in [4.69, 9.17) is 0 Å². The predicted octanol–water partition coefficient (Wildman–Crippen LogP) is 2.83. The summed E-state index contributed by atoms with van der Waals surface area (Å²) in [5.74, 6) is 1.42. The van der Waals surface area contributed by atoms with E-state index in [1.54, 1.807) is 11.3 Å². The van der Waals surface area contributed by atoms with Crippen LogP contribution in [0.25, 0.3) is 0 Å². The molecular formula is C18H26N2O2S. The van der Waals surface area contributed by atoms with Gasteiger partial charge in [0.25, 0.3) is 0 Å². The summed E-state index contributed by atoms with van der Waals surface area (Å²) in [6.07, 6.45) is 9.04. The third-order valence-corrected chi connectivity index (χ3v) is 6.11. The van der Waals surface area contributed by atoms with Gasteiger partial charge in [-0.15, -0.1) is 0 Å². The Kier molecular flexibility index (Phi) is 5.70. The molecule has 1 saturated heterocycles. The van der Waals surface area contributed by atoms with Crippen LogP contribution in [-0.4, -0.2) is 36.3 Å². The zero-order valence-corrected chi connectivity index (χ0v) is 14.4. The summed E-state index contributed by atoms with van der Waals surface area (Å²) in [4.78, 5) is 25.8. The van der Waals surface area contributed by atoms with Gasteiger partial charge in [0.2, 0.25) is 12.3 Å². The van der Waals surface area contributed by atoms with E-state index in [0.717, 1.165) is 18.7 Å². The zero-order chi connectivity index (χ0) is 16.1. The number of fused-ring (bicyclic) bond motifs is 1. The summed E-state index contributed by atoms with van der Waals surface area (Å²) >= 11 is 1.62. The number of hydrogen-bond donors (Lipinski definition) is 1. The number of nitrogens with one attached hydrogen (secondary N) is 1. The molecule has 2 heterocycles. The molecule has 2 aliphatic rings. The minimum atomic E-state index is -0.424. The van der Waals surface area contributed by atoms with E-state index in [0.29, 0.717) is 24.7 Å². The van der Waals surface area contributed by atoms with Gasteiger partial charge in [0.1, 0.15) is 6.04 Å². The minimum Gasteiger partial charge on any atom is -0.347 e. The van der Waals surface area contributed by atoms with Crippen molar-refractivity contribution in [2.75, 3.05) is 13.1 Å². The molecule has 2 fully saturated rings. The van der Waals surface area contributed by atoms with Gasteiger partial charge in [-0.1, -0.05) is 25.7 Å². The number of rotatable bonds is 5. The first-order chi connectivity index (χ1) is 11.3. The number of thiophene rings is 1. The first-order valence-corrected chi connectivity index (χ1v) is 9.71. The van der Waals surface area contributed by atoms with Gasteiger partial charge in [0.05, 0.1) is 0 Å². The molecule has 1 aliphatic carbocycles. The van der Waals surface area contributed by atoms with E-state index in [-0.39, 0.29) is 5.91 Å². The second-order valence-corrected chi connectivity index (χ2v) is 7.71. The Morgan fingerprint density at radius 1 is 1.26 bits per heavy atom. The molecule has 0 aromatic carbocycles. The second kappa shape index (κ2) is 7.95. The number of likely N-dealkylation sites (tertiary alicyclic amines) is 1. The van der Waals surface area contributed by atoms with Crippen molar-refractivity contribution in [1.29, 1.82) is 0 Å². The average molecular weight is 334 g/mol. The Balaban J connectivity index is 1.64. The van der Waals surface area contributed by atoms with Crippen molar-refractivity contribution in [3.8, 4) is 0 Å². The van der Waals surface area contributed by atoms with E-state index in [1.807, 2.05) is 21.7 Å². The van der Waals surface area contributed by atoms with Crippen LogP contribution in [0.15, 0.2) is 16.8 Å². The van der Waals surface area contributed by atoms with E-state index >= 15 is 0 Å². The van der Waals surface area contributed by atoms with Crippen molar-refractivity contribution < 1.29 is 9.59 Å². The number of hydrogen-bond acceptors (Lipinski definition) is 3. The van der Waals surface area contributed by atoms with Gasteiger partial charge in [-0.05, 0) is 47.1 Å². The molecule has 3 rings (SSSR count). The third-order valence-electron chi connectivity index (χ3n) is 5.38. The number of amides is 2. The standard InChI is InChI=1S/C18H26N2O2S/c21-13-19-17(9-14-7-8-23-12-14)18(22)20-10-15-5-3-1-2-4-6-16(15)11-20/h7-8,12-13,15-17H,1-6,9-11H2,(H,19,21). The summed E-state index contributed by atoms with van der Waals surface area (Å²) in [6.45, 7) is 1.76. The average Bonchev–Trinajstić information content (AvgIpc) is 3.16. The molecular weight excluding hydrogens is 308 g/mol. The highest BCUT2D eigenvalue weighted by Gasteiger charge is 2.37. The highest BCUT2D eigenvalue weighted by molar-refractivity contribution is 7.07. The lowest BCUT2D eigenvalue weighted by molar-refractivity contribution is -0.134. The highest BCUT2D eigenvalue weighted by Crippen LogP contribution is 2.34. The van der Waals surface area contributed by atoms with Gasteiger partial charge in [0, 0.05) is 19.5 Å². The Morgan fingerprint density at radius 2 is 1.96 bits per heavy atom. The number of nitrogens with zero attached hydrogens (tertiary/aromatic N) is 1. The minimum absolute atomic E-state index is 0.0926. The van der Waals surface area contributed by atoms with Crippen molar-refractivity contribution >= 4 is 23.7 Å². The maximum absolute atomic E-state index is 12.9. The lowest BCUT2D eigenvalue weighted by Gasteiger charge is -2.23. The zero-order valence-electron chi connectivity index (χ0n) is 13.6. The molecule has 0 bridgehead atoms. The molecule has 5 heteroatoms. The van der Waals surface area contributed by atoms with Gasteiger partial charge < -0.3 is 10.2 Å². The lowest BCUT2D eigenvalue weighted by atomic mass is 9.84. The van der Waals surface area contributed by atoms with Crippen molar-refractivity contribution in [3.63, 3.8) is 0 Å². The monoisotopic (exact) mass is 334 g/mol. The van der Waals surface area contributed by atoms with Crippen LogP contribution >= 0.6 is 11.3 Å². The molecule has 3 unspecified atom stereocenters. The molecule has 1 aliphatic heterocycles. The quantitative estimate of drug-likeness (QED) is 0.842. The van der Waals surface area contributed by atoms with Gasteiger partial charge in [-0.2, -0.15) is 11.3 Å². The predicted molar refractivity (Wildman–Crippen MR) is 92.3 cm³/mol. The van der Waals surface area contributed by atoms with Crippen LogP contribution in [-0.2, 0) is 16.0 Å². The molecule has 1 N–H and O–H groups in total. The Labute approximate surface area is 142 Å². The van der Waals surface area contributed by atoms with E-state index in [2.05, 4.69) is 5.32 Å². The fraction of sp³-hybridized carbons (Fsp3) is 0.667. The van der Waals surface area contributed by atoms with E-state index in [1.165, 1.54) is 38.5 Å². The largest absolute Gasteiger partial charge is 0.347 e. The summed E-state index contributed by atoms with van der Waals surface area (Å²) in [7, 11) is 0. The first kappa shape index (κ1) is 16.5.